The van der Waals surface area contributed by atoms with Crippen molar-refractivity contribution in [1.82, 2.24) is 10.1 Å². The van der Waals surface area contributed by atoms with Crippen molar-refractivity contribution in [3.05, 3.63) is 107 Å². The van der Waals surface area contributed by atoms with Gasteiger partial charge in [-0.3, -0.25) is 14.4 Å². The average molecular weight is 718 g/mol. The third-order valence-electron chi connectivity index (χ3n) is 8.35. The molecule has 0 radical (unpaired) electrons. The van der Waals surface area contributed by atoms with Gasteiger partial charge in [-0.05, 0) is 66.5 Å². The van der Waals surface area contributed by atoms with E-state index in [1.165, 1.54) is 36.4 Å². The fourth-order valence-electron chi connectivity index (χ4n) is 5.71. The summed E-state index contributed by atoms with van der Waals surface area (Å²) >= 11 is 0. The molecular weight excluding hydrogens is 681 g/mol. The highest BCUT2D eigenvalue weighted by atomic mass is 32.2. The van der Waals surface area contributed by atoms with E-state index in [2.05, 4.69) is 9.79 Å². The van der Waals surface area contributed by atoms with Crippen LogP contribution in [0.3, 0.4) is 0 Å². The van der Waals surface area contributed by atoms with Gasteiger partial charge in [-0.2, -0.15) is 0 Å². The Kier molecular flexibility index (Phi) is 11.0. The van der Waals surface area contributed by atoms with Crippen LogP contribution in [0.1, 0.15) is 55.7 Å². The van der Waals surface area contributed by atoms with Crippen molar-refractivity contribution in [1.29, 1.82) is 0 Å². The number of aliphatic hydroxyl groups excluding tert-OH is 2. The lowest BCUT2D eigenvalue weighted by molar-refractivity contribution is -0.832. The number of aliphatic hydroxyl groups is 2. The van der Waals surface area contributed by atoms with Crippen LogP contribution < -0.4 is 9.64 Å². The molecule has 0 bridgehead atoms. The minimum atomic E-state index is -4.24. The highest BCUT2D eigenvalue weighted by molar-refractivity contribution is 7.91. The fraction of sp³-hybridized carbons (Fsp3) is 0.297. The van der Waals surface area contributed by atoms with E-state index in [1.54, 1.807) is 30.4 Å². The number of para-hydroxylation sites is 1. The molecule has 6 rings (SSSR count). The molecule has 2 atom stereocenters. The van der Waals surface area contributed by atoms with Gasteiger partial charge in [-0.25, -0.2) is 12.8 Å². The highest BCUT2D eigenvalue weighted by Gasteiger charge is 2.35. The number of esters is 1. The Hall–Kier alpha value is -5.18. The lowest BCUT2D eigenvalue weighted by Gasteiger charge is -2.16. The summed E-state index contributed by atoms with van der Waals surface area (Å²) in [4.78, 5) is 16.9. The molecule has 266 valence electrons. The first-order valence-corrected chi connectivity index (χ1v) is 18.0. The number of hydrogen-bond donors (Lipinski definition) is 2. The van der Waals surface area contributed by atoms with Crippen LogP contribution in [-0.4, -0.2) is 60.2 Å². The summed E-state index contributed by atoms with van der Waals surface area (Å²) in [5.74, 6) is -1.21. The molecule has 51 heavy (non-hydrogen) atoms. The minimum Gasteiger partial charge on any atom is -0.466 e. The second-order valence-electron chi connectivity index (χ2n) is 12.2. The molecule has 2 N–H and O–H groups in total. The standard InChI is InChI=1S/C37H36FN3O9S/c38-26-16-14-24(15-17-26)34-30-10-4-5-11-32(30)39-35(25-12-13-25)31(34)19-18-27(42)22-28(43)23-33(44)48-20-6-7-21-49-36-37(41(45)50-40-36)51(46,47)29-8-2-1-3-9-29/h1-5,8-11,14-19,25,27-28,42-43H,6-7,12-13,20-23H2/b19-18+/t27-,28-/m1/s1. The van der Waals surface area contributed by atoms with Crippen molar-refractivity contribution in [2.24, 2.45) is 0 Å². The van der Waals surface area contributed by atoms with Gasteiger partial charge in [0.05, 0.1) is 53.1 Å². The van der Waals surface area contributed by atoms with E-state index in [9.17, 15) is 33.0 Å². The Morgan fingerprint density at radius 1 is 1.02 bits per heavy atom. The quantitative estimate of drug-likeness (QED) is 0.0771. The van der Waals surface area contributed by atoms with Crippen molar-refractivity contribution >= 4 is 32.8 Å². The molecule has 12 nitrogen and oxygen atoms in total. The van der Waals surface area contributed by atoms with Gasteiger partial charge < -0.3 is 24.9 Å². The average Bonchev–Trinajstić information content (AvgIpc) is 3.90. The van der Waals surface area contributed by atoms with Crippen LogP contribution in [0.5, 0.6) is 5.88 Å². The smallest absolute Gasteiger partial charge is 0.414 e. The minimum absolute atomic E-state index is 0.00200. The Morgan fingerprint density at radius 3 is 2.47 bits per heavy atom. The third-order valence-corrected chi connectivity index (χ3v) is 10.1. The predicted octanol–water partition coefficient (Wildman–Crippen LogP) is 5.29. The van der Waals surface area contributed by atoms with E-state index in [4.69, 9.17) is 14.5 Å². The molecule has 0 spiro atoms. The summed E-state index contributed by atoms with van der Waals surface area (Å²) in [6.45, 7) is -0.0431. The SMILES string of the molecule is O=C(C[C@H](O)C[C@H](O)/C=C/c1c(C2CC2)nc2ccccc2c1-c1ccc(F)cc1)OCCCCOc1no[n+]([O-])c1S(=O)(=O)c1ccccc1. The molecule has 3 aromatic carbocycles. The molecule has 1 fully saturated rings. The van der Waals surface area contributed by atoms with Crippen molar-refractivity contribution in [2.75, 3.05) is 13.2 Å². The Balaban J connectivity index is 0.996. The van der Waals surface area contributed by atoms with Crippen molar-refractivity contribution in [3.8, 4) is 17.0 Å². The van der Waals surface area contributed by atoms with Crippen LogP contribution in [0.4, 0.5) is 4.39 Å². The first-order chi connectivity index (χ1) is 24.6. The first-order valence-electron chi connectivity index (χ1n) is 16.5. The van der Waals surface area contributed by atoms with E-state index in [-0.39, 0.29) is 47.6 Å². The van der Waals surface area contributed by atoms with Gasteiger partial charge in [0, 0.05) is 28.9 Å². The molecule has 0 unspecified atom stereocenters. The molecule has 14 heteroatoms. The summed E-state index contributed by atoms with van der Waals surface area (Å²) in [7, 11) is -4.24. The number of ether oxygens (including phenoxy) is 2. The zero-order valence-corrected chi connectivity index (χ0v) is 28.2. The zero-order chi connectivity index (χ0) is 36.0. The number of sulfone groups is 1. The molecule has 1 saturated carbocycles. The number of halogens is 1. The van der Waals surface area contributed by atoms with Gasteiger partial charge in [-0.15, -0.1) is 0 Å². The lowest BCUT2D eigenvalue weighted by Crippen LogP contribution is -2.31. The summed E-state index contributed by atoms with van der Waals surface area (Å²) in [6.07, 6.45) is 3.30. The Morgan fingerprint density at radius 2 is 1.73 bits per heavy atom. The maximum absolute atomic E-state index is 13.8. The number of carbonyl (C=O) groups excluding carboxylic acids is 1. The van der Waals surface area contributed by atoms with Gasteiger partial charge >= 0.3 is 16.9 Å². The van der Waals surface area contributed by atoms with Gasteiger partial charge in [0.25, 0.3) is 9.84 Å². The lowest BCUT2D eigenvalue weighted by atomic mass is 9.92. The second-order valence-corrected chi connectivity index (χ2v) is 14.1. The molecule has 0 saturated heterocycles. The number of fused-ring (bicyclic) bond motifs is 1. The maximum atomic E-state index is 13.8. The number of carbonyl (C=O) groups is 1. The number of hydrogen-bond acceptors (Lipinski definition) is 11. The molecule has 1 aliphatic carbocycles. The largest absolute Gasteiger partial charge is 0.466 e. The van der Waals surface area contributed by atoms with Crippen molar-refractivity contribution in [2.45, 2.75) is 66.6 Å². The van der Waals surface area contributed by atoms with Crippen molar-refractivity contribution in [3.63, 3.8) is 0 Å². The van der Waals surface area contributed by atoms with Crippen molar-refractivity contribution < 1.29 is 46.8 Å². The van der Waals surface area contributed by atoms with E-state index < -0.39 is 38.9 Å². The zero-order valence-electron chi connectivity index (χ0n) is 27.4. The van der Waals surface area contributed by atoms with Gasteiger partial charge in [-0.1, -0.05) is 60.7 Å². The van der Waals surface area contributed by atoms with Crippen LogP contribution in [0.15, 0.2) is 99.5 Å². The summed E-state index contributed by atoms with van der Waals surface area (Å²) in [5.41, 5.74) is 4.25. The van der Waals surface area contributed by atoms with E-state index in [0.29, 0.717) is 12.8 Å². The third kappa shape index (κ3) is 8.59. The van der Waals surface area contributed by atoms with Crippen LogP contribution in [0.25, 0.3) is 28.1 Å². The molecule has 1 aliphatic rings. The molecular formula is C37H36FN3O9S. The monoisotopic (exact) mass is 717 g/mol. The number of pyridine rings is 1. The van der Waals surface area contributed by atoms with Crippen LogP contribution >= 0.6 is 0 Å². The number of rotatable bonds is 16. The summed E-state index contributed by atoms with van der Waals surface area (Å²) < 4.78 is 54.6. The van der Waals surface area contributed by atoms with Crippen LogP contribution in [-0.2, 0) is 19.4 Å². The normalized spacial score (nSPS) is 14.5. The topological polar surface area (TPSA) is 176 Å². The Labute approximate surface area is 293 Å². The van der Waals surface area contributed by atoms with Gasteiger partial charge in [0.2, 0.25) is 0 Å². The number of unbranched alkanes of at least 4 members (excludes halogenated alkanes) is 1. The molecule has 2 aromatic heterocycles. The van der Waals surface area contributed by atoms with E-state index in [0.717, 1.165) is 46.1 Å². The number of aromatic nitrogens is 3. The van der Waals surface area contributed by atoms with Gasteiger partial charge in [0.1, 0.15) is 5.82 Å². The predicted molar refractivity (Wildman–Crippen MR) is 182 cm³/mol. The van der Waals surface area contributed by atoms with Crippen LogP contribution in [0, 0.1) is 11.0 Å². The Bertz CT molecular complexity index is 2120. The number of nitrogens with zero attached hydrogens (tertiary/aromatic N) is 3. The van der Waals surface area contributed by atoms with Gasteiger partial charge in [0.15, 0.2) is 0 Å². The van der Waals surface area contributed by atoms with E-state index in [1.807, 2.05) is 24.3 Å². The molecule has 0 aliphatic heterocycles. The second kappa shape index (κ2) is 15.8. The number of benzene rings is 3. The molecule has 5 aromatic rings. The maximum Gasteiger partial charge on any atom is 0.414 e. The summed E-state index contributed by atoms with van der Waals surface area (Å²) in [5, 5.41) is 36.9. The highest BCUT2D eigenvalue weighted by Crippen LogP contribution is 2.45. The van der Waals surface area contributed by atoms with Crippen LogP contribution in [0.2, 0.25) is 0 Å². The summed E-state index contributed by atoms with van der Waals surface area (Å²) in [6, 6.07) is 21.3. The first kappa shape index (κ1) is 35.6. The molecule has 2 heterocycles. The molecule has 0 amide bonds. The van der Waals surface area contributed by atoms with E-state index >= 15 is 0 Å². The fourth-order valence-corrected chi connectivity index (χ4v) is 7.00.